The molecule has 0 aromatic heterocycles. The molecule has 0 nitrogen and oxygen atoms in total. The molecule has 1 aliphatic rings. The first-order valence-corrected chi connectivity index (χ1v) is 11.4. The number of aryl methyl sites for hydroxylation is 1. The third kappa shape index (κ3) is 6.54. The first kappa shape index (κ1) is 23.7. The minimum atomic E-state index is -4.48. The van der Waals surface area contributed by atoms with Gasteiger partial charge >= 0.3 is 6.18 Å². The molecule has 0 unspecified atom stereocenters. The zero-order valence-corrected chi connectivity index (χ0v) is 18.1. The van der Waals surface area contributed by atoms with Gasteiger partial charge in [-0.3, -0.25) is 0 Å². The molecular weight excluding hydrogens is 407 g/mol. The molecule has 0 aliphatic heterocycles. The van der Waals surface area contributed by atoms with Crippen molar-refractivity contribution >= 4 is 0 Å². The van der Waals surface area contributed by atoms with Crippen LogP contribution in [0.2, 0.25) is 0 Å². The summed E-state index contributed by atoms with van der Waals surface area (Å²) < 4.78 is 67.3. The molecule has 0 saturated heterocycles. The Morgan fingerprint density at radius 1 is 0.806 bits per heavy atom. The molecule has 0 amide bonds. The van der Waals surface area contributed by atoms with Gasteiger partial charge in [-0.15, -0.1) is 0 Å². The minimum absolute atomic E-state index is 0.106. The highest BCUT2D eigenvalue weighted by Gasteiger charge is 2.30. The van der Waals surface area contributed by atoms with Gasteiger partial charge in [0.1, 0.15) is 11.6 Å². The van der Waals surface area contributed by atoms with E-state index in [1.165, 1.54) is 57.1 Å². The topological polar surface area (TPSA) is 0 Å². The van der Waals surface area contributed by atoms with Crippen molar-refractivity contribution in [3.63, 3.8) is 0 Å². The molecule has 3 rings (SSSR count). The van der Waals surface area contributed by atoms with Crippen LogP contribution in [-0.2, 0) is 12.6 Å². The SMILES string of the molecule is CCCCC1CCC(CCCc2cc(F)c(-c3ccc(C(F)(F)F)cc3)c(F)c2)CC1. The number of unbranched alkanes of at least 4 members (excludes halogenated alkanes) is 1. The molecule has 0 N–H and O–H groups in total. The number of rotatable bonds is 8. The molecule has 31 heavy (non-hydrogen) atoms. The lowest BCUT2D eigenvalue weighted by molar-refractivity contribution is -0.137. The van der Waals surface area contributed by atoms with Crippen LogP contribution in [0.1, 0.15) is 75.8 Å². The Balaban J connectivity index is 1.55. The molecule has 5 heteroatoms. The van der Waals surface area contributed by atoms with E-state index in [2.05, 4.69) is 6.92 Å². The van der Waals surface area contributed by atoms with E-state index in [9.17, 15) is 22.0 Å². The first-order valence-electron chi connectivity index (χ1n) is 11.4. The smallest absolute Gasteiger partial charge is 0.206 e. The molecule has 0 radical (unpaired) electrons. The van der Waals surface area contributed by atoms with Crippen molar-refractivity contribution in [3.8, 4) is 11.1 Å². The third-order valence-electron chi connectivity index (χ3n) is 6.61. The highest BCUT2D eigenvalue weighted by Crippen LogP contribution is 2.35. The van der Waals surface area contributed by atoms with E-state index in [1.807, 2.05) is 0 Å². The average Bonchev–Trinajstić information content (AvgIpc) is 2.72. The second-order valence-electron chi connectivity index (χ2n) is 8.93. The van der Waals surface area contributed by atoms with Crippen LogP contribution in [0.25, 0.3) is 11.1 Å². The van der Waals surface area contributed by atoms with Gasteiger partial charge in [0.25, 0.3) is 0 Å². The predicted octanol–water partition coefficient (Wildman–Crippen LogP) is 8.97. The van der Waals surface area contributed by atoms with E-state index < -0.39 is 23.4 Å². The number of benzene rings is 2. The second kappa shape index (κ2) is 10.6. The van der Waals surface area contributed by atoms with Gasteiger partial charge in [0, 0.05) is 0 Å². The fraction of sp³-hybridized carbons (Fsp3) is 0.538. The van der Waals surface area contributed by atoms with Crippen LogP contribution in [0.5, 0.6) is 0 Å². The summed E-state index contributed by atoms with van der Waals surface area (Å²) in [7, 11) is 0. The first-order chi connectivity index (χ1) is 14.8. The monoisotopic (exact) mass is 438 g/mol. The van der Waals surface area contributed by atoms with Gasteiger partial charge in [-0.1, -0.05) is 70.4 Å². The zero-order chi connectivity index (χ0) is 22.4. The van der Waals surface area contributed by atoms with Gasteiger partial charge in [0.15, 0.2) is 0 Å². The van der Waals surface area contributed by atoms with Crippen LogP contribution < -0.4 is 0 Å². The Kier molecular flexibility index (Phi) is 8.12. The lowest BCUT2D eigenvalue weighted by Crippen LogP contribution is -2.14. The molecule has 170 valence electrons. The van der Waals surface area contributed by atoms with E-state index in [0.29, 0.717) is 17.9 Å². The Morgan fingerprint density at radius 2 is 1.32 bits per heavy atom. The lowest BCUT2D eigenvalue weighted by Gasteiger charge is -2.28. The van der Waals surface area contributed by atoms with E-state index in [1.54, 1.807) is 0 Å². The molecule has 0 spiro atoms. The maximum atomic E-state index is 14.6. The second-order valence-corrected chi connectivity index (χ2v) is 8.93. The van der Waals surface area contributed by atoms with Crippen molar-refractivity contribution < 1.29 is 22.0 Å². The standard InChI is InChI=1S/C26H31F5/c1-2-3-5-18-8-10-19(11-9-18)6-4-7-20-16-23(27)25(24(28)17-20)21-12-14-22(15-13-21)26(29,30)31/h12-19H,2-11H2,1H3. The zero-order valence-electron chi connectivity index (χ0n) is 18.1. The van der Waals surface area contributed by atoms with E-state index >= 15 is 0 Å². The van der Waals surface area contributed by atoms with Crippen molar-refractivity contribution in [2.75, 3.05) is 0 Å². The summed E-state index contributed by atoms with van der Waals surface area (Å²) in [5.41, 5.74) is -0.410. The van der Waals surface area contributed by atoms with E-state index in [4.69, 9.17) is 0 Å². The summed E-state index contributed by atoms with van der Waals surface area (Å²) in [5, 5.41) is 0. The summed E-state index contributed by atoms with van der Waals surface area (Å²) in [6.45, 7) is 2.23. The van der Waals surface area contributed by atoms with Crippen LogP contribution in [-0.4, -0.2) is 0 Å². The summed E-state index contributed by atoms with van der Waals surface area (Å²) in [5.74, 6) is 0.119. The summed E-state index contributed by atoms with van der Waals surface area (Å²) in [4.78, 5) is 0. The van der Waals surface area contributed by atoms with E-state index in [0.717, 1.165) is 43.0 Å². The predicted molar refractivity (Wildman–Crippen MR) is 115 cm³/mol. The van der Waals surface area contributed by atoms with Crippen molar-refractivity contribution in [1.82, 2.24) is 0 Å². The Hall–Kier alpha value is -1.91. The molecule has 0 heterocycles. The Bertz CT molecular complexity index is 807. The van der Waals surface area contributed by atoms with Gasteiger partial charge < -0.3 is 0 Å². The molecule has 1 saturated carbocycles. The lowest BCUT2D eigenvalue weighted by atomic mass is 9.78. The van der Waals surface area contributed by atoms with Crippen molar-refractivity contribution in [2.24, 2.45) is 11.8 Å². The molecule has 2 aromatic rings. The minimum Gasteiger partial charge on any atom is -0.206 e. The highest BCUT2D eigenvalue weighted by atomic mass is 19.4. The summed E-state index contributed by atoms with van der Waals surface area (Å²) in [6, 6.07) is 6.55. The van der Waals surface area contributed by atoms with E-state index in [-0.39, 0.29) is 11.1 Å². The van der Waals surface area contributed by atoms with Crippen LogP contribution in [0.3, 0.4) is 0 Å². The Morgan fingerprint density at radius 3 is 1.81 bits per heavy atom. The van der Waals surface area contributed by atoms with Crippen molar-refractivity contribution in [3.05, 3.63) is 59.2 Å². The molecular formula is C26H31F5. The quantitative estimate of drug-likeness (QED) is 0.361. The van der Waals surface area contributed by atoms with Crippen LogP contribution >= 0.6 is 0 Å². The maximum absolute atomic E-state index is 14.6. The van der Waals surface area contributed by atoms with Gasteiger partial charge in [0.2, 0.25) is 0 Å². The van der Waals surface area contributed by atoms with Crippen molar-refractivity contribution in [2.45, 2.75) is 77.3 Å². The fourth-order valence-electron chi connectivity index (χ4n) is 4.77. The summed E-state index contributed by atoms with van der Waals surface area (Å²) >= 11 is 0. The normalized spacial score (nSPS) is 19.5. The van der Waals surface area contributed by atoms with Gasteiger partial charge in [0.05, 0.1) is 11.1 Å². The maximum Gasteiger partial charge on any atom is 0.416 e. The van der Waals surface area contributed by atoms with Gasteiger partial charge in [-0.05, 0) is 60.1 Å². The number of alkyl halides is 3. The third-order valence-corrected chi connectivity index (χ3v) is 6.61. The molecule has 0 atom stereocenters. The Labute approximate surface area is 181 Å². The summed E-state index contributed by atoms with van der Waals surface area (Å²) in [6.07, 6.45) is 7.12. The van der Waals surface area contributed by atoms with Crippen LogP contribution in [0.4, 0.5) is 22.0 Å². The van der Waals surface area contributed by atoms with Crippen molar-refractivity contribution in [1.29, 1.82) is 0 Å². The van der Waals surface area contributed by atoms with Gasteiger partial charge in [-0.25, -0.2) is 8.78 Å². The van der Waals surface area contributed by atoms with Gasteiger partial charge in [-0.2, -0.15) is 13.2 Å². The molecule has 0 bridgehead atoms. The van der Waals surface area contributed by atoms with Crippen LogP contribution in [0.15, 0.2) is 36.4 Å². The number of hydrogen-bond acceptors (Lipinski definition) is 0. The fourth-order valence-corrected chi connectivity index (χ4v) is 4.77. The molecule has 1 aliphatic carbocycles. The van der Waals surface area contributed by atoms with Crippen LogP contribution in [0, 0.1) is 23.5 Å². The molecule has 2 aromatic carbocycles. The highest BCUT2D eigenvalue weighted by molar-refractivity contribution is 5.65. The number of hydrogen-bond donors (Lipinski definition) is 0. The number of halogens is 5. The average molecular weight is 439 g/mol. The largest absolute Gasteiger partial charge is 0.416 e. The molecule has 1 fully saturated rings.